The topological polar surface area (TPSA) is 59.9 Å². The van der Waals surface area contributed by atoms with E-state index in [1.165, 1.54) is 0 Å². The van der Waals surface area contributed by atoms with E-state index in [0.29, 0.717) is 25.3 Å². The van der Waals surface area contributed by atoms with Crippen LogP contribution in [-0.4, -0.2) is 21.7 Å². The molecule has 18 heavy (non-hydrogen) atoms. The van der Waals surface area contributed by atoms with Crippen LogP contribution in [0.2, 0.25) is 0 Å². The Morgan fingerprint density at radius 1 is 1.50 bits per heavy atom. The summed E-state index contributed by atoms with van der Waals surface area (Å²) in [6, 6.07) is 5.85. The SMILES string of the molecule is CCOC(=O)c1cc2c(ccn2C)n1CCC#N. The molecule has 2 aromatic rings. The Morgan fingerprint density at radius 2 is 2.28 bits per heavy atom. The molecule has 5 nitrogen and oxygen atoms in total. The molecule has 0 bridgehead atoms. The molecule has 0 aromatic carbocycles. The minimum atomic E-state index is -0.341. The number of ether oxygens (including phenoxy) is 1. The molecule has 0 saturated heterocycles. The van der Waals surface area contributed by atoms with Crippen molar-refractivity contribution in [3.8, 4) is 6.07 Å². The molecular weight excluding hydrogens is 230 g/mol. The summed E-state index contributed by atoms with van der Waals surface area (Å²) in [7, 11) is 1.92. The first-order valence-electron chi connectivity index (χ1n) is 5.87. The van der Waals surface area contributed by atoms with Crippen molar-refractivity contribution in [2.75, 3.05) is 6.61 Å². The Hall–Kier alpha value is -2.22. The van der Waals surface area contributed by atoms with Gasteiger partial charge in [-0.15, -0.1) is 0 Å². The van der Waals surface area contributed by atoms with Gasteiger partial charge in [-0.2, -0.15) is 5.26 Å². The molecule has 0 unspecified atom stereocenters. The number of aryl methyl sites for hydroxylation is 2. The van der Waals surface area contributed by atoms with Gasteiger partial charge in [-0.1, -0.05) is 0 Å². The van der Waals surface area contributed by atoms with Gasteiger partial charge in [-0.05, 0) is 19.1 Å². The van der Waals surface area contributed by atoms with Gasteiger partial charge in [-0.25, -0.2) is 4.79 Å². The van der Waals surface area contributed by atoms with Crippen LogP contribution in [0.15, 0.2) is 18.3 Å². The van der Waals surface area contributed by atoms with E-state index < -0.39 is 0 Å². The number of carbonyl (C=O) groups excluding carboxylic acids is 1. The van der Waals surface area contributed by atoms with E-state index in [1.807, 2.05) is 34.5 Å². The highest BCUT2D eigenvalue weighted by Crippen LogP contribution is 2.21. The van der Waals surface area contributed by atoms with Crippen molar-refractivity contribution in [2.24, 2.45) is 7.05 Å². The molecule has 0 radical (unpaired) electrons. The maximum Gasteiger partial charge on any atom is 0.355 e. The molecular formula is C13H15N3O2. The Labute approximate surface area is 105 Å². The molecule has 0 fully saturated rings. The molecule has 0 atom stereocenters. The average Bonchev–Trinajstić information content (AvgIpc) is 2.88. The van der Waals surface area contributed by atoms with Crippen molar-refractivity contribution in [2.45, 2.75) is 19.9 Å². The quantitative estimate of drug-likeness (QED) is 0.775. The van der Waals surface area contributed by atoms with Crippen LogP contribution in [0.1, 0.15) is 23.8 Å². The van der Waals surface area contributed by atoms with Crippen LogP contribution in [0.25, 0.3) is 11.0 Å². The van der Waals surface area contributed by atoms with Gasteiger partial charge in [0.05, 0.1) is 30.1 Å². The summed E-state index contributed by atoms with van der Waals surface area (Å²) in [6.45, 7) is 2.62. The maximum absolute atomic E-state index is 11.9. The van der Waals surface area contributed by atoms with E-state index in [0.717, 1.165) is 11.0 Å². The van der Waals surface area contributed by atoms with E-state index in [9.17, 15) is 4.79 Å². The minimum Gasteiger partial charge on any atom is -0.461 e. The Bertz CT molecular complexity index is 616. The lowest BCUT2D eigenvalue weighted by Crippen LogP contribution is -2.12. The zero-order valence-corrected chi connectivity index (χ0v) is 10.5. The first-order valence-corrected chi connectivity index (χ1v) is 5.87. The average molecular weight is 245 g/mol. The van der Waals surface area contributed by atoms with Gasteiger partial charge in [0.1, 0.15) is 5.69 Å². The summed E-state index contributed by atoms with van der Waals surface area (Å²) in [4.78, 5) is 11.9. The number of nitrogens with zero attached hydrogens (tertiary/aromatic N) is 3. The molecule has 0 aliphatic heterocycles. The van der Waals surface area contributed by atoms with E-state index in [-0.39, 0.29) is 5.97 Å². The minimum absolute atomic E-state index is 0.341. The zero-order chi connectivity index (χ0) is 13.1. The van der Waals surface area contributed by atoms with Crippen LogP contribution >= 0.6 is 0 Å². The zero-order valence-electron chi connectivity index (χ0n) is 10.5. The number of hydrogen-bond acceptors (Lipinski definition) is 3. The predicted molar refractivity (Wildman–Crippen MR) is 67.1 cm³/mol. The molecule has 0 aliphatic carbocycles. The number of hydrogen-bond donors (Lipinski definition) is 0. The molecule has 0 amide bonds. The third kappa shape index (κ3) is 1.97. The van der Waals surface area contributed by atoms with Crippen LogP contribution in [0, 0.1) is 11.3 Å². The lowest BCUT2D eigenvalue weighted by Gasteiger charge is -2.06. The molecule has 0 saturated carbocycles. The number of carbonyl (C=O) groups is 1. The monoisotopic (exact) mass is 245 g/mol. The van der Waals surface area contributed by atoms with Crippen molar-refractivity contribution in [1.29, 1.82) is 5.26 Å². The van der Waals surface area contributed by atoms with Crippen LogP contribution in [-0.2, 0) is 18.3 Å². The second kappa shape index (κ2) is 4.96. The Balaban J connectivity index is 2.50. The third-order valence-corrected chi connectivity index (χ3v) is 2.89. The Morgan fingerprint density at radius 3 is 2.94 bits per heavy atom. The van der Waals surface area contributed by atoms with E-state index >= 15 is 0 Å². The van der Waals surface area contributed by atoms with Crippen molar-refractivity contribution in [1.82, 2.24) is 9.13 Å². The number of rotatable bonds is 4. The molecule has 0 N–H and O–H groups in total. The molecule has 2 rings (SSSR count). The normalized spacial score (nSPS) is 10.5. The Kier molecular flexibility index (Phi) is 3.38. The summed E-state index contributed by atoms with van der Waals surface area (Å²) in [6.07, 6.45) is 2.30. The number of fused-ring (bicyclic) bond motifs is 1. The highest BCUT2D eigenvalue weighted by molar-refractivity contribution is 5.94. The largest absolute Gasteiger partial charge is 0.461 e. The fourth-order valence-corrected chi connectivity index (χ4v) is 2.05. The fraction of sp³-hybridized carbons (Fsp3) is 0.385. The summed E-state index contributed by atoms with van der Waals surface area (Å²) in [5, 5.41) is 8.69. The molecule has 5 heteroatoms. The summed E-state index contributed by atoms with van der Waals surface area (Å²) >= 11 is 0. The standard InChI is InChI=1S/C13H15N3O2/c1-3-18-13(17)12-9-11-10(5-8-15(11)2)16(12)7-4-6-14/h5,8-9H,3-4,7H2,1-2H3. The van der Waals surface area contributed by atoms with Gasteiger partial charge in [0.15, 0.2) is 0 Å². The first kappa shape index (κ1) is 12.2. The third-order valence-electron chi connectivity index (χ3n) is 2.89. The van der Waals surface area contributed by atoms with E-state index in [2.05, 4.69) is 6.07 Å². The summed E-state index contributed by atoms with van der Waals surface area (Å²) < 4.78 is 8.82. The van der Waals surface area contributed by atoms with E-state index in [1.54, 1.807) is 6.92 Å². The highest BCUT2D eigenvalue weighted by atomic mass is 16.5. The smallest absolute Gasteiger partial charge is 0.355 e. The molecule has 0 spiro atoms. The van der Waals surface area contributed by atoms with Crippen LogP contribution in [0.4, 0.5) is 0 Å². The van der Waals surface area contributed by atoms with Gasteiger partial charge < -0.3 is 13.9 Å². The van der Waals surface area contributed by atoms with Crippen molar-refractivity contribution < 1.29 is 9.53 Å². The van der Waals surface area contributed by atoms with Crippen LogP contribution in [0.5, 0.6) is 0 Å². The predicted octanol–water partition coefficient (Wildman–Crippen LogP) is 2.07. The van der Waals surface area contributed by atoms with Crippen molar-refractivity contribution >= 4 is 17.0 Å². The van der Waals surface area contributed by atoms with Gasteiger partial charge in [0, 0.05) is 19.8 Å². The number of esters is 1. The van der Waals surface area contributed by atoms with Gasteiger partial charge in [0.25, 0.3) is 0 Å². The van der Waals surface area contributed by atoms with E-state index in [4.69, 9.17) is 10.00 Å². The number of nitriles is 1. The summed E-state index contributed by atoms with van der Waals surface area (Å²) in [5.74, 6) is -0.341. The first-order chi connectivity index (χ1) is 8.69. The molecule has 94 valence electrons. The molecule has 2 aromatic heterocycles. The molecule has 2 heterocycles. The second-order valence-electron chi connectivity index (χ2n) is 4.01. The molecule has 0 aliphatic rings. The van der Waals surface area contributed by atoms with Crippen molar-refractivity contribution in [3.63, 3.8) is 0 Å². The summed E-state index contributed by atoms with van der Waals surface area (Å²) in [5.41, 5.74) is 2.43. The number of aromatic nitrogens is 2. The fourth-order valence-electron chi connectivity index (χ4n) is 2.05. The van der Waals surface area contributed by atoms with Crippen LogP contribution in [0.3, 0.4) is 0 Å². The van der Waals surface area contributed by atoms with Gasteiger partial charge in [0.2, 0.25) is 0 Å². The van der Waals surface area contributed by atoms with Crippen molar-refractivity contribution in [3.05, 3.63) is 24.0 Å². The lowest BCUT2D eigenvalue weighted by molar-refractivity contribution is 0.0514. The van der Waals surface area contributed by atoms with Crippen LogP contribution < -0.4 is 0 Å². The van der Waals surface area contributed by atoms with Gasteiger partial charge in [-0.3, -0.25) is 0 Å². The highest BCUT2D eigenvalue weighted by Gasteiger charge is 2.17. The maximum atomic E-state index is 11.9. The second-order valence-corrected chi connectivity index (χ2v) is 4.01. The van der Waals surface area contributed by atoms with Gasteiger partial charge >= 0.3 is 5.97 Å². The lowest BCUT2D eigenvalue weighted by atomic mass is 10.4.